The highest BCUT2D eigenvalue weighted by molar-refractivity contribution is 7.92. The number of hydrogen-bond acceptors (Lipinski definition) is 5. The highest BCUT2D eigenvalue weighted by Crippen LogP contribution is 2.25. The summed E-state index contributed by atoms with van der Waals surface area (Å²) in [5, 5.41) is 2.85. The van der Waals surface area contributed by atoms with Crippen LogP contribution in [0.25, 0.3) is 0 Å². The normalized spacial score (nSPS) is 11.8. The van der Waals surface area contributed by atoms with Gasteiger partial charge in [0, 0.05) is 5.56 Å². The van der Waals surface area contributed by atoms with Crippen LogP contribution in [0.1, 0.15) is 56.1 Å². The van der Waals surface area contributed by atoms with Crippen LogP contribution >= 0.6 is 0 Å². The van der Waals surface area contributed by atoms with Gasteiger partial charge in [0.25, 0.3) is 5.91 Å². The monoisotopic (exact) mass is 538 g/mol. The topological polar surface area (TPSA) is 84.9 Å². The highest BCUT2D eigenvalue weighted by Gasteiger charge is 2.18. The number of nitrogens with zero attached hydrogens (tertiary/aromatic N) is 1. The Balaban J connectivity index is 1.54. The van der Waals surface area contributed by atoms with Gasteiger partial charge >= 0.3 is 0 Å². The SMILES string of the molecule is CC(C)Oc1ccc(N(Cc2ccc(C(=O)NCCOc3ccc(C(C)(C)C)cc3)cc2)S(C)(=O)=O)cc1. The first-order valence-corrected chi connectivity index (χ1v) is 14.5. The lowest BCUT2D eigenvalue weighted by Gasteiger charge is -2.23. The molecule has 0 heterocycles. The van der Waals surface area contributed by atoms with Gasteiger partial charge in [-0.25, -0.2) is 8.42 Å². The maximum atomic E-state index is 12.5. The summed E-state index contributed by atoms with van der Waals surface area (Å²) in [4.78, 5) is 12.5. The molecule has 0 unspecified atom stereocenters. The molecule has 3 aromatic carbocycles. The van der Waals surface area contributed by atoms with Gasteiger partial charge in [-0.05, 0) is 78.9 Å². The van der Waals surface area contributed by atoms with Crippen molar-refractivity contribution in [2.24, 2.45) is 0 Å². The largest absolute Gasteiger partial charge is 0.492 e. The van der Waals surface area contributed by atoms with Crippen molar-refractivity contribution < 1.29 is 22.7 Å². The van der Waals surface area contributed by atoms with Crippen molar-refractivity contribution in [2.45, 2.75) is 52.7 Å². The lowest BCUT2D eigenvalue weighted by molar-refractivity contribution is 0.0947. The summed E-state index contributed by atoms with van der Waals surface area (Å²) in [5.74, 6) is 1.22. The second-order valence-electron chi connectivity index (χ2n) is 10.5. The van der Waals surface area contributed by atoms with E-state index in [1.165, 1.54) is 16.1 Å². The minimum absolute atomic E-state index is 0.0286. The average molecular weight is 539 g/mol. The second-order valence-corrected chi connectivity index (χ2v) is 12.4. The molecule has 0 atom stereocenters. The third kappa shape index (κ3) is 8.52. The fraction of sp³-hybridized carbons (Fsp3) is 0.367. The van der Waals surface area contributed by atoms with Gasteiger partial charge in [0.2, 0.25) is 10.0 Å². The Bertz CT molecular complexity index is 1290. The van der Waals surface area contributed by atoms with Crippen LogP contribution in [-0.4, -0.2) is 39.8 Å². The van der Waals surface area contributed by atoms with Crippen molar-refractivity contribution in [3.8, 4) is 11.5 Å². The summed E-state index contributed by atoms with van der Waals surface area (Å²) in [6.07, 6.45) is 1.20. The summed E-state index contributed by atoms with van der Waals surface area (Å²) in [6, 6.07) is 21.8. The number of amides is 1. The van der Waals surface area contributed by atoms with Gasteiger partial charge in [-0.1, -0.05) is 45.0 Å². The van der Waals surface area contributed by atoms with E-state index in [0.717, 1.165) is 11.3 Å². The fourth-order valence-electron chi connectivity index (χ4n) is 3.78. The van der Waals surface area contributed by atoms with Crippen molar-refractivity contribution in [1.82, 2.24) is 5.32 Å². The summed E-state index contributed by atoms with van der Waals surface area (Å²) in [5.41, 5.74) is 3.11. The average Bonchev–Trinajstić information content (AvgIpc) is 2.85. The molecule has 7 nitrogen and oxygen atoms in total. The molecular formula is C30H38N2O5S. The lowest BCUT2D eigenvalue weighted by atomic mass is 9.87. The van der Waals surface area contributed by atoms with Crippen LogP contribution in [0.15, 0.2) is 72.8 Å². The van der Waals surface area contributed by atoms with Crippen LogP contribution < -0.4 is 19.1 Å². The van der Waals surface area contributed by atoms with Gasteiger partial charge < -0.3 is 14.8 Å². The summed E-state index contributed by atoms with van der Waals surface area (Å²) in [6.45, 7) is 11.2. The Kier molecular flexibility index (Phi) is 9.44. The lowest BCUT2D eigenvalue weighted by Crippen LogP contribution is -2.29. The van der Waals surface area contributed by atoms with Gasteiger partial charge in [-0.2, -0.15) is 0 Å². The number of rotatable bonds is 11. The molecule has 0 aromatic heterocycles. The zero-order valence-corrected chi connectivity index (χ0v) is 23.8. The smallest absolute Gasteiger partial charge is 0.251 e. The van der Waals surface area contributed by atoms with Gasteiger partial charge in [0.15, 0.2) is 0 Å². The van der Waals surface area contributed by atoms with Crippen LogP contribution in [0.3, 0.4) is 0 Å². The van der Waals surface area contributed by atoms with Crippen LogP contribution in [0.2, 0.25) is 0 Å². The Labute approximate surface area is 226 Å². The number of nitrogens with one attached hydrogen (secondary N) is 1. The number of carbonyl (C=O) groups is 1. The molecule has 8 heteroatoms. The molecule has 3 aromatic rings. The first kappa shape index (κ1) is 29.0. The van der Waals surface area contributed by atoms with Crippen LogP contribution in [0, 0.1) is 0 Å². The molecule has 1 N–H and O–H groups in total. The molecule has 38 heavy (non-hydrogen) atoms. The van der Waals surface area contributed by atoms with Gasteiger partial charge in [0.1, 0.15) is 18.1 Å². The maximum Gasteiger partial charge on any atom is 0.251 e. The minimum Gasteiger partial charge on any atom is -0.492 e. The zero-order valence-electron chi connectivity index (χ0n) is 23.0. The van der Waals surface area contributed by atoms with E-state index in [1.54, 1.807) is 48.5 Å². The van der Waals surface area contributed by atoms with E-state index in [9.17, 15) is 13.2 Å². The number of benzene rings is 3. The quantitative estimate of drug-likeness (QED) is 0.324. The Hall–Kier alpha value is -3.52. The molecule has 0 radical (unpaired) electrons. The van der Waals surface area contributed by atoms with Crippen molar-refractivity contribution >= 4 is 21.6 Å². The number of carbonyl (C=O) groups excluding carboxylic acids is 1. The van der Waals surface area contributed by atoms with E-state index in [1.807, 2.05) is 26.0 Å². The predicted octanol–water partition coefficient (Wildman–Crippen LogP) is 5.55. The summed E-state index contributed by atoms with van der Waals surface area (Å²) >= 11 is 0. The molecule has 0 saturated carbocycles. The second kappa shape index (κ2) is 12.3. The number of anilines is 1. The van der Waals surface area contributed by atoms with Crippen molar-refractivity contribution in [1.29, 1.82) is 0 Å². The van der Waals surface area contributed by atoms with E-state index in [4.69, 9.17) is 9.47 Å². The van der Waals surface area contributed by atoms with Crippen molar-refractivity contribution in [3.63, 3.8) is 0 Å². The number of ether oxygens (including phenoxy) is 2. The van der Waals surface area contributed by atoms with E-state index in [0.29, 0.717) is 30.2 Å². The number of hydrogen-bond donors (Lipinski definition) is 1. The first-order valence-electron chi connectivity index (χ1n) is 12.7. The third-order valence-corrected chi connectivity index (χ3v) is 6.96. The maximum absolute atomic E-state index is 12.5. The van der Waals surface area contributed by atoms with E-state index < -0.39 is 10.0 Å². The molecular weight excluding hydrogens is 500 g/mol. The minimum atomic E-state index is -3.53. The van der Waals surface area contributed by atoms with E-state index >= 15 is 0 Å². The molecule has 0 spiro atoms. The highest BCUT2D eigenvalue weighted by atomic mass is 32.2. The molecule has 1 amide bonds. The van der Waals surface area contributed by atoms with Gasteiger partial charge in [-0.3, -0.25) is 9.10 Å². The van der Waals surface area contributed by atoms with Crippen molar-refractivity contribution in [2.75, 3.05) is 23.7 Å². The molecule has 204 valence electrons. The van der Waals surface area contributed by atoms with E-state index in [-0.39, 0.29) is 24.0 Å². The molecule has 0 aliphatic carbocycles. The van der Waals surface area contributed by atoms with E-state index in [2.05, 4.69) is 38.2 Å². The molecule has 0 saturated heterocycles. The molecule has 0 fully saturated rings. The first-order chi connectivity index (χ1) is 17.8. The van der Waals surface area contributed by atoms with Crippen LogP contribution in [0.4, 0.5) is 5.69 Å². The summed E-state index contributed by atoms with van der Waals surface area (Å²) < 4.78 is 37.7. The Morgan fingerprint density at radius 3 is 2.00 bits per heavy atom. The molecule has 3 rings (SSSR count). The fourth-order valence-corrected chi connectivity index (χ4v) is 4.67. The third-order valence-electron chi connectivity index (χ3n) is 5.82. The molecule has 0 aliphatic rings. The molecule has 0 aliphatic heterocycles. The molecule has 0 bridgehead atoms. The predicted molar refractivity (Wildman–Crippen MR) is 153 cm³/mol. The van der Waals surface area contributed by atoms with Gasteiger partial charge in [-0.15, -0.1) is 0 Å². The zero-order chi connectivity index (χ0) is 27.9. The Morgan fingerprint density at radius 2 is 1.47 bits per heavy atom. The van der Waals surface area contributed by atoms with Crippen LogP contribution in [0.5, 0.6) is 11.5 Å². The summed E-state index contributed by atoms with van der Waals surface area (Å²) in [7, 11) is -3.53. The van der Waals surface area contributed by atoms with Crippen LogP contribution in [-0.2, 0) is 22.0 Å². The standard InChI is InChI=1S/C30H38N2O5S/c1-22(2)37-28-17-13-26(14-18-28)32(38(6,34)35)21-23-7-9-24(10-8-23)29(33)31-19-20-36-27-15-11-25(12-16-27)30(3,4)5/h7-18,22H,19-21H2,1-6H3,(H,31,33). The van der Waals surface area contributed by atoms with Crippen molar-refractivity contribution in [3.05, 3.63) is 89.5 Å². The number of sulfonamides is 1. The Morgan fingerprint density at radius 1 is 0.895 bits per heavy atom. The van der Waals surface area contributed by atoms with Gasteiger partial charge in [0.05, 0.1) is 31.1 Å².